The van der Waals surface area contributed by atoms with Crippen LogP contribution in [-0.4, -0.2) is 22.9 Å². The highest BCUT2D eigenvalue weighted by Gasteiger charge is 2.09. The van der Waals surface area contributed by atoms with Crippen molar-refractivity contribution in [2.24, 2.45) is 0 Å². The van der Waals surface area contributed by atoms with Crippen molar-refractivity contribution in [2.75, 3.05) is 7.11 Å². The zero-order valence-corrected chi connectivity index (χ0v) is 12.4. The lowest BCUT2D eigenvalue weighted by molar-refractivity contribution is 0.103. The van der Waals surface area contributed by atoms with Gasteiger partial charge < -0.3 is 9.72 Å². The van der Waals surface area contributed by atoms with Gasteiger partial charge in [-0.25, -0.2) is 4.98 Å². The number of aromatic nitrogens is 2. The number of hydrogen-bond donors (Lipinski definition) is 1. The summed E-state index contributed by atoms with van der Waals surface area (Å²) in [5.41, 5.74) is 0.932. The maximum Gasteiger partial charge on any atom is 0.259 e. The molecule has 3 rings (SSSR count). The number of ketones is 1. The first-order valence-electron chi connectivity index (χ1n) is 7.03. The first kappa shape index (κ1) is 14.7. The third-order valence-corrected chi connectivity index (χ3v) is 3.40. The maximum absolute atomic E-state index is 12.3. The van der Waals surface area contributed by atoms with Crippen molar-refractivity contribution in [2.45, 2.75) is 0 Å². The molecule has 3 aromatic rings. The van der Waals surface area contributed by atoms with Gasteiger partial charge in [0.05, 0.1) is 18.0 Å². The fourth-order valence-electron chi connectivity index (χ4n) is 2.25. The SMILES string of the molecule is COc1ccccc1/C=C/C(=O)c1nc2ccccc2c(=O)[nH]1. The van der Waals surface area contributed by atoms with Gasteiger partial charge in [-0.3, -0.25) is 9.59 Å². The Kier molecular flexibility index (Phi) is 4.01. The molecule has 5 nitrogen and oxygen atoms in total. The molecule has 0 radical (unpaired) electrons. The van der Waals surface area contributed by atoms with Gasteiger partial charge in [0.15, 0.2) is 5.82 Å². The third kappa shape index (κ3) is 3.03. The highest BCUT2D eigenvalue weighted by atomic mass is 16.5. The zero-order valence-electron chi connectivity index (χ0n) is 12.4. The number of allylic oxidation sites excluding steroid dienone is 1. The molecule has 0 spiro atoms. The van der Waals surface area contributed by atoms with Gasteiger partial charge in [0.2, 0.25) is 5.78 Å². The number of carbonyl (C=O) groups excluding carboxylic acids is 1. The molecule has 0 saturated carbocycles. The summed E-state index contributed by atoms with van der Waals surface area (Å²) in [5, 5.41) is 0.456. The first-order chi connectivity index (χ1) is 11.2. The van der Waals surface area contributed by atoms with E-state index in [1.165, 1.54) is 6.08 Å². The average Bonchev–Trinajstić information content (AvgIpc) is 2.59. The van der Waals surface area contributed by atoms with Crippen LogP contribution in [0.4, 0.5) is 0 Å². The van der Waals surface area contributed by atoms with Crippen molar-refractivity contribution in [1.29, 1.82) is 0 Å². The van der Waals surface area contributed by atoms with Gasteiger partial charge in [-0.1, -0.05) is 30.3 Å². The number of nitrogens with zero attached hydrogens (tertiary/aromatic N) is 1. The Morgan fingerprint density at radius 2 is 1.87 bits per heavy atom. The Hall–Kier alpha value is -3.21. The summed E-state index contributed by atoms with van der Waals surface area (Å²) in [5.74, 6) is 0.301. The predicted octanol–water partition coefficient (Wildman–Crippen LogP) is 2.83. The summed E-state index contributed by atoms with van der Waals surface area (Å²) in [7, 11) is 1.57. The van der Waals surface area contributed by atoms with Crippen LogP contribution in [0.3, 0.4) is 0 Å². The molecule has 0 unspecified atom stereocenters. The minimum atomic E-state index is -0.376. The molecule has 1 N–H and O–H groups in total. The summed E-state index contributed by atoms with van der Waals surface area (Å²) in [4.78, 5) is 31.0. The minimum absolute atomic E-state index is 0.0137. The van der Waals surface area contributed by atoms with Gasteiger partial charge in [-0.15, -0.1) is 0 Å². The van der Waals surface area contributed by atoms with Crippen molar-refractivity contribution in [1.82, 2.24) is 9.97 Å². The number of aromatic amines is 1. The smallest absolute Gasteiger partial charge is 0.259 e. The van der Waals surface area contributed by atoms with Crippen LogP contribution in [0.15, 0.2) is 59.4 Å². The molecule has 0 aliphatic heterocycles. The second kappa shape index (κ2) is 6.27. The van der Waals surface area contributed by atoms with E-state index < -0.39 is 0 Å². The Labute approximate surface area is 132 Å². The molecule has 2 aromatic carbocycles. The molecular formula is C18H14N2O3. The number of H-pyrrole nitrogens is 1. The van der Waals surface area contributed by atoms with Gasteiger partial charge in [0, 0.05) is 5.56 Å². The fourth-order valence-corrected chi connectivity index (χ4v) is 2.25. The number of carbonyl (C=O) groups is 1. The molecule has 0 amide bonds. The highest BCUT2D eigenvalue weighted by molar-refractivity contribution is 6.05. The number of nitrogens with one attached hydrogen (secondary N) is 1. The fraction of sp³-hybridized carbons (Fsp3) is 0.0556. The van der Waals surface area contributed by atoms with E-state index in [9.17, 15) is 9.59 Å². The second-order valence-corrected chi connectivity index (χ2v) is 4.87. The Morgan fingerprint density at radius 1 is 1.13 bits per heavy atom. The average molecular weight is 306 g/mol. The standard InChI is InChI=1S/C18H14N2O3/c1-23-16-9-5-2-6-12(16)10-11-15(21)17-19-14-8-4-3-7-13(14)18(22)20-17/h2-11H,1H3,(H,19,20,22)/b11-10+. The van der Waals surface area contributed by atoms with Gasteiger partial charge >= 0.3 is 0 Å². The molecule has 0 saturated heterocycles. The van der Waals surface area contributed by atoms with Crippen LogP contribution in [0.1, 0.15) is 16.2 Å². The second-order valence-electron chi connectivity index (χ2n) is 4.87. The van der Waals surface area contributed by atoms with Crippen LogP contribution in [0, 0.1) is 0 Å². The normalized spacial score (nSPS) is 11.0. The third-order valence-electron chi connectivity index (χ3n) is 3.40. The molecule has 0 aliphatic rings. The molecule has 23 heavy (non-hydrogen) atoms. The largest absolute Gasteiger partial charge is 0.496 e. The van der Waals surface area contributed by atoms with Gasteiger partial charge in [0.25, 0.3) is 5.56 Å². The lowest BCUT2D eigenvalue weighted by atomic mass is 10.1. The number of hydrogen-bond acceptors (Lipinski definition) is 4. The van der Waals surface area contributed by atoms with E-state index in [1.807, 2.05) is 18.2 Å². The predicted molar refractivity (Wildman–Crippen MR) is 88.7 cm³/mol. The number of rotatable bonds is 4. The van der Waals surface area contributed by atoms with Crippen LogP contribution in [0.2, 0.25) is 0 Å². The van der Waals surface area contributed by atoms with Crippen LogP contribution in [0.5, 0.6) is 5.75 Å². The molecule has 5 heteroatoms. The molecule has 114 valence electrons. The quantitative estimate of drug-likeness (QED) is 0.594. The molecule has 0 fully saturated rings. The van der Waals surface area contributed by atoms with Crippen molar-refractivity contribution in [3.63, 3.8) is 0 Å². The summed E-state index contributed by atoms with van der Waals surface area (Å²) in [6, 6.07) is 14.2. The molecule has 1 aromatic heterocycles. The zero-order chi connectivity index (χ0) is 16.2. The van der Waals surface area contributed by atoms with Crippen molar-refractivity contribution >= 4 is 22.8 Å². The lowest BCUT2D eigenvalue weighted by Gasteiger charge is -2.03. The van der Waals surface area contributed by atoms with E-state index in [0.29, 0.717) is 16.7 Å². The van der Waals surface area contributed by atoms with Gasteiger partial charge in [0.1, 0.15) is 5.75 Å². The molecular weight excluding hydrogens is 292 g/mol. The number of ether oxygens (including phenoxy) is 1. The van der Waals surface area contributed by atoms with Crippen molar-refractivity contribution < 1.29 is 9.53 Å². The summed E-state index contributed by atoms with van der Waals surface area (Å²) >= 11 is 0. The monoisotopic (exact) mass is 306 g/mol. The summed E-state index contributed by atoms with van der Waals surface area (Å²) < 4.78 is 5.22. The molecule has 1 heterocycles. The van der Waals surface area contributed by atoms with Crippen LogP contribution < -0.4 is 10.3 Å². The van der Waals surface area contributed by atoms with Gasteiger partial charge in [-0.05, 0) is 30.4 Å². The molecule has 0 aliphatic carbocycles. The highest BCUT2D eigenvalue weighted by Crippen LogP contribution is 2.18. The number of fused-ring (bicyclic) bond motifs is 1. The molecule has 0 atom stereocenters. The number of benzene rings is 2. The Balaban J connectivity index is 1.95. The number of methoxy groups -OCH3 is 1. The lowest BCUT2D eigenvalue weighted by Crippen LogP contribution is -2.14. The summed E-state index contributed by atoms with van der Waals surface area (Å²) in [6.45, 7) is 0. The topological polar surface area (TPSA) is 72.0 Å². The van der Waals surface area contributed by atoms with E-state index in [4.69, 9.17) is 4.74 Å². The van der Waals surface area contributed by atoms with Crippen LogP contribution in [-0.2, 0) is 0 Å². The summed E-state index contributed by atoms with van der Waals surface area (Å²) in [6.07, 6.45) is 3.00. The van der Waals surface area contributed by atoms with E-state index in [1.54, 1.807) is 43.5 Å². The van der Waals surface area contributed by atoms with E-state index in [0.717, 1.165) is 5.56 Å². The van der Waals surface area contributed by atoms with E-state index in [-0.39, 0.29) is 17.2 Å². The van der Waals surface area contributed by atoms with E-state index in [2.05, 4.69) is 9.97 Å². The Morgan fingerprint density at radius 3 is 2.70 bits per heavy atom. The Bertz CT molecular complexity index is 958. The van der Waals surface area contributed by atoms with Crippen molar-refractivity contribution in [3.05, 3.63) is 76.3 Å². The maximum atomic E-state index is 12.3. The number of para-hydroxylation sites is 2. The van der Waals surface area contributed by atoms with Crippen molar-refractivity contribution in [3.8, 4) is 5.75 Å². The minimum Gasteiger partial charge on any atom is -0.496 e. The van der Waals surface area contributed by atoms with Crippen LogP contribution >= 0.6 is 0 Å². The van der Waals surface area contributed by atoms with Crippen LogP contribution in [0.25, 0.3) is 17.0 Å². The molecule has 0 bridgehead atoms. The van der Waals surface area contributed by atoms with E-state index >= 15 is 0 Å². The first-order valence-corrected chi connectivity index (χ1v) is 7.03. The van der Waals surface area contributed by atoms with Gasteiger partial charge in [-0.2, -0.15) is 0 Å².